The fraction of sp³-hybridized carbons (Fsp3) is 0.286. The summed E-state index contributed by atoms with van der Waals surface area (Å²) in [5.74, 6) is 1.16. The average molecular weight is 398 g/mol. The Morgan fingerprint density at radius 3 is 2.68 bits per heavy atom. The number of fused-ring (bicyclic) bond motifs is 1. The second-order valence-corrected chi connectivity index (χ2v) is 7.00. The van der Waals surface area contributed by atoms with Gasteiger partial charge in [0.2, 0.25) is 0 Å². The van der Waals surface area contributed by atoms with Crippen LogP contribution in [0.2, 0.25) is 5.02 Å². The third-order valence-corrected chi connectivity index (χ3v) is 5.43. The van der Waals surface area contributed by atoms with E-state index in [0.29, 0.717) is 16.5 Å². The summed E-state index contributed by atoms with van der Waals surface area (Å²) in [6.07, 6.45) is 5.24. The molecule has 1 unspecified atom stereocenters. The predicted octanol–water partition coefficient (Wildman–Crippen LogP) is 4.89. The molecule has 3 aromatic rings. The lowest BCUT2D eigenvalue weighted by molar-refractivity contribution is 0.400. The van der Waals surface area contributed by atoms with Crippen LogP contribution < -0.4 is 10.5 Å². The Bertz CT molecular complexity index is 1100. The summed E-state index contributed by atoms with van der Waals surface area (Å²) in [5, 5.41) is 6.08. The highest BCUT2D eigenvalue weighted by Crippen LogP contribution is 2.41. The molecule has 28 heavy (non-hydrogen) atoms. The third-order valence-electron chi connectivity index (χ3n) is 5.04. The number of nitrogens with zero attached hydrogens (tertiary/aromatic N) is 4. The van der Waals surface area contributed by atoms with Crippen LogP contribution in [0.15, 0.2) is 31.1 Å². The van der Waals surface area contributed by atoms with Gasteiger partial charge in [0.05, 0.1) is 24.2 Å². The molecule has 7 heteroatoms. The molecule has 2 heterocycles. The van der Waals surface area contributed by atoms with Crippen LogP contribution in [0, 0.1) is 13.8 Å². The maximum atomic E-state index is 6.59. The van der Waals surface area contributed by atoms with Gasteiger partial charge in [0.25, 0.3) is 0 Å². The van der Waals surface area contributed by atoms with Gasteiger partial charge in [0.15, 0.2) is 5.65 Å². The summed E-state index contributed by atoms with van der Waals surface area (Å²) in [7, 11) is 1.66. The first-order valence-electron chi connectivity index (χ1n) is 8.97. The number of rotatable bonds is 5. The summed E-state index contributed by atoms with van der Waals surface area (Å²) in [4.78, 5) is 8.48. The number of allylic oxidation sites excluding steroid dienone is 3. The summed E-state index contributed by atoms with van der Waals surface area (Å²) < 4.78 is 7.67. The number of hydrogen-bond donors (Lipinski definition) is 1. The molecular weight excluding hydrogens is 374 g/mol. The molecule has 0 bridgehead atoms. The molecule has 1 atom stereocenters. The standard InChI is InChI=1S/C21H24ClN5O/c1-7-14(8-2)17-11(3)16(22)9-15(19(17)28-6)13(5)27-21-18(12(4)26-27)20(23)24-10-25-21/h7-10,13H,1H2,2-6H3,(H2,23,24,25)/b14-8+. The van der Waals surface area contributed by atoms with Gasteiger partial charge in [0.1, 0.15) is 17.9 Å². The molecule has 0 fully saturated rings. The number of benzene rings is 1. The maximum Gasteiger partial charge on any atom is 0.164 e. The van der Waals surface area contributed by atoms with Crippen molar-refractivity contribution >= 4 is 34.0 Å². The number of nitrogens with two attached hydrogens (primary N) is 1. The van der Waals surface area contributed by atoms with Crippen LogP contribution in [0.5, 0.6) is 5.75 Å². The number of aryl methyl sites for hydroxylation is 1. The Labute approximate surface area is 169 Å². The second kappa shape index (κ2) is 7.64. The van der Waals surface area contributed by atoms with Gasteiger partial charge in [-0.1, -0.05) is 30.3 Å². The molecule has 1 aromatic carbocycles. The molecule has 0 amide bonds. The summed E-state index contributed by atoms with van der Waals surface area (Å²) in [6, 6.07) is 1.73. The van der Waals surface area contributed by atoms with E-state index in [1.807, 2.05) is 44.5 Å². The van der Waals surface area contributed by atoms with Gasteiger partial charge in [-0.25, -0.2) is 14.6 Å². The van der Waals surface area contributed by atoms with Crippen LogP contribution in [0.25, 0.3) is 16.6 Å². The summed E-state index contributed by atoms with van der Waals surface area (Å²) >= 11 is 6.59. The van der Waals surface area contributed by atoms with Crippen molar-refractivity contribution in [2.45, 2.75) is 33.7 Å². The van der Waals surface area contributed by atoms with E-state index in [0.717, 1.165) is 39.1 Å². The molecule has 0 radical (unpaired) electrons. The molecule has 3 rings (SSSR count). The maximum absolute atomic E-state index is 6.59. The van der Waals surface area contributed by atoms with Crippen molar-refractivity contribution < 1.29 is 4.74 Å². The quantitative estimate of drug-likeness (QED) is 0.620. The zero-order chi connectivity index (χ0) is 20.6. The molecule has 2 N–H and O–H groups in total. The second-order valence-electron chi connectivity index (χ2n) is 6.59. The van der Waals surface area contributed by atoms with E-state index in [9.17, 15) is 0 Å². The minimum Gasteiger partial charge on any atom is -0.496 e. The van der Waals surface area contributed by atoms with Crippen molar-refractivity contribution in [2.75, 3.05) is 12.8 Å². The Hall–Kier alpha value is -2.86. The number of halogens is 1. The first-order chi connectivity index (χ1) is 13.3. The van der Waals surface area contributed by atoms with Crippen molar-refractivity contribution in [3.8, 4) is 5.75 Å². The number of aromatic nitrogens is 4. The molecule has 0 aliphatic carbocycles. The van der Waals surface area contributed by atoms with Gasteiger partial charge in [-0.15, -0.1) is 0 Å². The lowest BCUT2D eigenvalue weighted by Crippen LogP contribution is -2.12. The Morgan fingerprint density at radius 1 is 1.36 bits per heavy atom. The first-order valence-corrected chi connectivity index (χ1v) is 9.34. The van der Waals surface area contributed by atoms with E-state index in [1.54, 1.807) is 13.2 Å². The van der Waals surface area contributed by atoms with Crippen molar-refractivity contribution in [1.29, 1.82) is 0 Å². The molecule has 0 aliphatic heterocycles. The van der Waals surface area contributed by atoms with E-state index in [-0.39, 0.29) is 6.04 Å². The molecule has 6 nitrogen and oxygen atoms in total. The van der Waals surface area contributed by atoms with Crippen LogP contribution in [0.3, 0.4) is 0 Å². The normalized spacial score (nSPS) is 13.0. The van der Waals surface area contributed by atoms with Crippen LogP contribution in [0.4, 0.5) is 5.82 Å². The minimum atomic E-state index is -0.194. The smallest absolute Gasteiger partial charge is 0.164 e. The average Bonchev–Trinajstić information content (AvgIpc) is 3.03. The highest BCUT2D eigenvalue weighted by molar-refractivity contribution is 6.31. The summed E-state index contributed by atoms with van der Waals surface area (Å²) in [5.41, 5.74) is 11.2. The van der Waals surface area contributed by atoms with Gasteiger partial charge in [-0.05, 0) is 44.9 Å². The monoisotopic (exact) mass is 397 g/mol. The lowest BCUT2D eigenvalue weighted by Gasteiger charge is -2.22. The largest absolute Gasteiger partial charge is 0.496 e. The van der Waals surface area contributed by atoms with Crippen molar-refractivity contribution in [3.63, 3.8) is 0 Å². The van der Waals surface area contributed by atoms with E-state index in [4.69, 9.17) is 22.1 Å². The fourth-order valence-corrected chi connectivity index (χ4v) is 3.77. The number of ether oxygens (including phenoxy) is 1. The molecule has 0 saturated heterocycles. The molecule has 0 spiro atoms. The minimum absolute atomic E-state index is 0.194. The molecule has 146 valence electrons. The van der Waals surface area contributed by atoms with Gasteiger partial charge < -0.3 is 10.5 Å². The third kappa shape index (κ3) is 3.03. The fourth-order valence-electron chi connectivity index (χ4n) is 3.56. The number of anilines is 1. The van der Waals surface area contributed by atoms with E-state index < -0.39 is 0 Å². The first kappa shape index (κ1) is 19.9. The highest BCUT2D eigenvalue weighted by atomic mass is 35.5. The Balaban J connectivity index is 2.30. The highest BCUT2D eigenvalue weighted by Gasteiger charge is 2.24. The molecule has 0 aliphatic rings. The van der Waals surface area contributed by atoms with Crippen LogP contribution >= 0.6 is 11.6 Å². The Morgan fingerprint density at radius 2 is 2.07 bits per heavy atom. The van der Waals surface area contributed by atoms with Crippen molar-refractivity contribution in [3.05, 3.63) is 58.5 Å². The predicted molar refractivity (Wildman–Crippen MR) is 115 cm³/mol. The van der Waals surface area contributed by atoms with Crippen molar-refractivity contribution in [2.24, 2.45) is 0 Å². The lowest BCUT2D eigenvalue weighted by atomic mass is 9.93. The van der Waals surface area contributed by atoms with Crippen LogP contribution in [-0.2, 0) is 0 Å². The van der Waals surface area contributed by atoms with Crippen LogP contribution in [-0.4, -0.2) is 26.9 Å². The van der Waals surface area contributed by atoms with Crippen molar-refractivity contribution in [1.82, 2.24) is 19.7 Å². The van der Waals surface area contributed by atoms with Gasteiger partial charge in [0, 0.05) is 16.1 Å². The van der Waals surface area contributed by atoms with E-state index in [1.165, 1.54) is 6.33 Å². The SMILES string of the molecule is C=C/C(=C\C)c1c(C)c(Cl)cc(C(C)n2nc(C)c3c(N)ncnc32)c1OC. The number of nitrogen functional groups attached to an aromatic ring is 1. The van der Waals surface area contributed by atoms with Gasteiger partial charge in [-0.2, -0.15) is 5.10 Å². The summed E-state index contributed by atoms with van der Waals surface area (Å²) in [6.45, 7) is 11.8. The zero-order valence-electron chi connectivity index (χ0n) is 16.7. The molecule has 0 saturated carbocycles. The van der Waals surface area contributed by atoms with E-state index in [2.05, 4.69) is 21.6 Å². The molecular formula is C21H24ClN5O. The van der Waals surface area contributed by atoms with E-state index >= 15 is 0 Å². The van der Waals surface area contributed by atoms with Gasteiger partial charge >= 0.3 is 0 Å². The zero-order valence-corrected chi connectivity index (χ0v) is 17.5. The molecule has 2 aromatic heterocycles. The van der Waals surface area contributed by atoms with Gasteiger partial charge in [-0.3, -0.25) is 0 Å². The van der Waals surface area contributed by atoms with Crippen LogP contribution in [0.1, 0.15) is 42.3 Å². The topological polar surface area (TPSA) is 78.9 Å². The number of methoxy groups -OCH3 is 1. The Kier molecular flexibility index (Phi) is 5.42. The number of hydrogen-bond acceptors (Lipinski definition) is 5.